The molecule has 0 amide bonds. The van der Waals surface area contributed by atoms with Gasteiger partial charge in [0.15, 0.2) is 0 Å². The number of benzene rings is 1. The molecule has 1 aromatic carbocycles. The number of carbonyl (C=O) groups excluding carboxylic acids is 1. The molecule has 1 N–H and O–H groups in total. The predicted molar refractivity (Wildman–Crippen MR) is 109 cm³/mol. The standard InChI is InChI=1S/C21H36O4Si/c1-21(2,3)26(5,6)25-19-13-9-7-11-17(19)15-16-18(22)12-8-10-14-20(23)24-4/h7,9,11,13,18,22H,8,10,12,14-16H2,1-6H3. The van der Waals surface area contributed by atoms with Crippen LogP contribution < -0.4 is 4.43 Å². The summed E-state index contributed by atoms with van der Waals surface area (Å²) in [5.41, 5.74) is 1.16. The van der Waals surface area contributed by atoms with Gasteiger partial charge in [-0.05, 0) is 55.4 Å². The van der Waals surface area contributed by atoms with Gasteiger partial charge in [-0.15, -0.1) is 0 Å². The SMILES string of the molecule is COC(=O)CCCCC(O)CCc1ccccc1O[Si](C)(C)C(C)(C)C. The molecule has 0 saturated heterocycles. The van der Waals surface area contributed by atoms with Crippen molar-refractivity contribution in [3.8, 4) is 5.75 Å². The minimum absolute atomic E-state index is 0.152. The second kappa shape index (κ2) is 10.1. The molecule has 1 aromatic rings. The number of aryl methyl sites for hydroxylation is 1. The number of ether oxygens (including phenoxy) is 1. The summed E-state index contributed by atoms with van der Waals surface area (Å²) in [5, 5.41) is 10.4. The van der Waals surface area contributed by atoms with Crippen LogP contribution in [-0.2, 0) is 16.0 Å². The first-order valence-corrected chi connectivity index (χ1v) is 12.5. The average molecular weight is 381 g/mol. The number of aliphatic hydroxyl groups is 1. The van der Waals surface area contributed by atoms with Crippen molar-refractivity contribution in [2.45, 2.75) is 83.5 Å². The Hall–Kier alpha value is -1.33. The Labute approximate surface area is 160 Å². The van der Waals surface area contributed by atoms with Crippen molar-refractivity contribution in [3.63, 3.8) is 0 Å². The Morgan fingerprint density at radius 1 is 1.15 bits per heavy atom. The molecule has 148 valence electrons. The molecular formula is C21H36O4Si. The molecule has 0 spiro atoms. The van der Waals surface area contributed by atoms with Crippen LogP contribution in [0.5, 0.6) is 5.75 Å². The zero-order chi connectivity index (χ0) is 19.8. The summed E-state index contributed by atoms with van der Waals surface area (Å²) in [5.74, 6) is 0.771. The van der Waals surface area contributed by atoms with Crippen LogP contribution in [0.2, 0.25) is 18.1 Å². The fourth-order valence-corrected chi connectivity index (χ4v) is 3.51. The van der Waals surface area contributed by atoms with E-state index in [4.69, 9.17) is 4.43 Å². The topological polar surface area (TPSA) is 55.8 Å². The van der Waals surface area contributed by atoms with E-state index in [1.54, 1.807) is 0 Å². The number of carbonyl (C=O) groups is 1. The summed E-state index contributed by atoms with van der Waals surface area (Å²) in [6.07, 6.45) is 3.87. The molecule has 1 atom stereocenters. The lowest BCUT2D eigenvalue weighted by molar-refractivity contribution is -0.140. The highest BCUT2D eigenvalue weighted by molar-refractivity contribution is 6.74. The van der Waals surface area contributed by atoms with Gasteiger partial charge in [0.25, 0.3) is 0 Å². The fraction of sp³-hybridized carbons (Fsp3) is 0.667. The maximum absolute atomic E-state index is 11.1. The third kappa shape index (κ3) is 7.50. The molecule has 1 rings (SSSR count). The first-order valence-electron chi connectivity index (χ1n) is 9.58. The van der Waals surface area contributed by atoms with Crippen LogP contribution in [0.15, 0.2) is 24.3 Å². The third-order valence-corrected chi connectivity index (χ3v) is 9.63. The van der Waals surface area contributed by atoms with Gasteiger partial charge in [0.2, 0.25) is 8.32 Å². The zero-order valence-corrected chi connectivity index (χ0v) is 18.3. The highest BCUT2D eigenvalue weighted by Gasteiger charge is 2.39. The monoisotopic (exact) mass is 380 g/mol. The molecule has 0 aromatic heterocycles. The molecule has 26 heavy (non-hydrogen) atoms. The number of hydrogen-bond donors (Lipinski definition) is 1. The smallest absolute Gasteiger partial charge is 0.305 e. The Morgan fingerprint density at radius 3 is 2.42 bits per heavy atom. The van der Waals surface area contributed by atoms with Crippen molar-refractivity contribution in [1.29, 1.82) is 0 Å². The largest absolute Gasteiger partial charge is 0.543 e. The molecule has 0 aliphatic heterocycles. The van der Waals surface area contributed by atoms with Gasteiger partial charge in [0.05, 0.1) is 13.2 Å². The van der Waals surface area contributed by atoms with E-state index < -0.39 is 8.32 Å². The van der Waals surface area contributed by atoms with Crippen LogP contribution in [0.3, 0.4) is 0 Å². The second-order valence-electron chi connectivity index (χ2n) is 8.48. The van der Waals surface area contributed by atoms with Gasteiger partial charge < -0.3 is 14.3 Å². The maximum Gasteiger partial charge on any atom is 0.305 e. The van der Waals surface area contributed by atoms with Gasteiger partial charge in [0, 0.05) is 6.42 Å². The minimum atomic E-state index is -1.88. The van der Waals surface area contributed by atoms with Crippen LogP contribution in [0.1, 0.15) is 58.4 Å². The van der Waals surface area contributed by atoms with Crippen molar-refractivity contribution < 1.29 is 19.1 Å². The van der Waals surface area contributed by atoms with Gasteiger partial charge in [-0.25, -0.2) is 0 Å². The van der Waals surface area contributed by atoms with Crippen molar-refractivity contribution in [3.05, 3.63) is 29.8 Å². The van der Waals surface area contributed by atoms with E-state index in [-0.39, 0.29) is 17.1 Å². The Bertz CT molecular complexity index is 563. The van der Waals surface area contributed by atoms with E-state index in [0.717, 1.165) is 30.6 Å². The Kier molecular flexibility index (Phi) is 8.84. The maximum atomic E-state index is 11.1. The second-order valence-corrected chi connectivity index (χ2v) is 13.2. The number of unbranched alkanes of at least 4 members (excludes halogenated alkanes) is 1. The molecule has 0 aliphatic rings. The van der Waals surface area contributed by atoms with Gasteiger partial charge in [-0.2, -0.15) is 0 Å². The summed E-state index contributed by atoms with van der Waals surface area (Å²) >= 11 is 0. The molecule has 0 saturated carbocycles. The molecule has 0 bridgehead atoms. The lowest BCUT2D eigenvalue weighted by Gasteiger charge is -2.37. The predicted octanol–water partition coefficient (Wildman–Crippen LogP) is 5.10. The molecule has 0 aliphatic carbocycles. The minimum Gasteiger partial charge on any atom is -0.543 e. The van der Waals surface area contributed by atoms with Gasteiger partial charge in [0.1, 0.15) is 5.75 Å². The number of methoxy groups -OCH3 is 1. The summed E-state index contributed by atoms with van der Waals surface area (Å²) < 4.78 is 11.1. The quantitative estimate of drug-likeness (QED) is 0.349. The van der Waals surface area contributed by atoms with E-state index in [1.807, 2.05) is 18.2 Å². The van der Waals surface area contributed by atoms with Gasteiger partial charge >= 0.3 is 5.97 Å². The summed E-state index contributed by atoms with van der Waals surface area (Å²) in [4.78, 5) is 11.1. The van der Waals surface area contributed by atoms with E-state index in [0.29, 0.717) is 19.3 Å². The number of hydrogen-bond acceptors (Lipinski definition) is 4. The van der Waals surface area contributed by atoms with Crippen molar-refractivity contribution >= 4 is 14.3 Å². The van der Waals surface area contributed by atoms with Crippen molar-refractivity contribution in [2.24, 2.45) is 0 Å². The van der Waals surface area contributed by atoms with Crippen LogP contribution in [0.4, 0.5) is 0 Å². The van der Waals surface area contributed by atoms with Crippen molar-refractivity contribution in [1.82, 2.24) is 0 Å². The highest BCUT2D eigenvalue weighted by atomic mass is 28.4. The molecule has 0 heterocycles. The van der Waals surface area contributed by atoms with E-state index in [9.17, 15) is 9.90 Å². The van der Waals surface area contributed by atoms with E-state index >= 15 is 0 Å². The summed E-state index contributed by atoms with van der Waals surface area (Å²) in [7, 11) is -0.477. The molecule has 4 nitrogen and oxygen atoms in total. The first-order chi connectivity index (χ1) is 12.1. The Balaban J connectivity index is 2.54. The molecule has 0 fully saturated rings. The number of esters is 1. The number of para-hydroxylation sites is 1. The van der Waals surface area contributed by atoms with Crippen LogP contribution in [-0.4, -0.2) is 32.6 Å². The lowest BCUT2D eigenvalue weighted by atomic mass is 10.0. The number of rotatable bonds is 10. The summed E-state index contributed by atoms with van der Waals surface area (Å²) in [6, 6.07) is 8.16. The highest BCUT2D eigenvalue weighted by Crippen LogP contribution is 2.38. The van der Waals surface area contributed by atoms with Crippen LogP contribution in [0.25, 0.3) is 0 Å². The zero-order valence-electron chi connectivity index (χ0n) is 17.3. The average Bonchev–Trinajstić information content (AvgIpc) is 2.56. The van der Waals surface area contributed by atoms with E-state index in [2.05, 4.69) is 44.7 Å². The van der Waals surface area contributed by atoms with Crippen molar-refractivity contribution in [2.75, 3.05) is 7.11 Å². The normalized spacial score (nSPS) is 13.3. The third-order valence-electron chi connectivity index (χ3n) is 5.29. The van der Waals surface area contributed by atoms with E-state index in [1.165, 1.54) is 7.11 Å². The van der Waals surface area contributed by atoms with Crippen LogP contribution in [0, 0.1) is 0 Å². The first kappa shape index (κ1) is 22.7. The lowest BCUT2D eigenvalue weighted by Crippen LogP contribution is -2.44. The molecular weight excluding hydrogens is 344 g/mol. The van der Waals surface area contributed by atoms with Crippen LogP contribution >= 0.6 is 0 Å². The van der Waals surface area contributed by atoms with Gasteiger partial charge in [-0.3, -0.25) is 4.79 Å². The summed E-state index contributed by atoms with van der Waals surface area (Å²) in [6.45, 7) is 11.2. The molecule has 0 radical (unpaired) electrons. The molecule has 5 heteroatoms. The Morgan fingerprint density at radius 2 is 1.81 bits per heavy atom. The van der Waals surface area contributed by atoms with Gasteiger partial charge in [-0.1, -0.05) is 45.4 Å². The number of aliphatic hydroxyl groups excluding tert-OH is 1. The molecule has 1 unspecified atom stereocenters. The fourth-order valence-electron chi connectivity index (χ4n) is 2.46.